The fourth-order valence-electron chi connectivity index (χ4n) is 0.900. The van der Waals surface area contributed by atoms with Crippen LogP contribution in [0.15, 0.2) is 23.4 Å². The Morgan fingerprint density at radius 3 is 2.92 bits per heavy atom. The minimum absolute atomic E-state index is 0.115. The third-order valence-corrected chi connectivity index (χ3v) is 1.47. The molecule has 0 aliphatic heterocycles. The lowest BCUT2D eigenvalue weighted by Gasteiger charge is -2.02. The van der Waals surface area contributed by atoms with Gasteiger partial charge in [0.1, 0.15) is 11.4 Å². The van der Waals surface area contributed by atoms with Gasteiger partial charge in [-0.2, -0.15) is 0 Å². The van der Waals surface area contributed by atoms with Crippen LogP contribution in [0, 0.1) is 4.91 Å². The molecule has 0 heterocycles. The van der Waals surface area contributed by atoms with Crippen LogP contribution in [0.1, 0.15) is 5.56 Å². The molecule has 4 heteroatoms. The highest BCUT2D eigenvalue weighted by Crippen LogP contribution is 2.23. The van der Waals surface area contributed by atoms with E-state index in [1.807, 2.05) is 0 Å². The summed E-state index contributed by atoms with van der Waals surface area (Å²) in [6, 6.07) is 4.36. The molecule has 1 rings (SSSR count). The topological polar surface area (TPSA) is 58.9 Å². The zero-order valence-electron chi connectivity index (χ0n) is 6.65. The summed E-state index contributed by atoms with van der Waals surface area (Å²) in [4.78, 5) is 10.1. The summed E-state index contributed by atoms with van der Waals surface area (Å²) in [5.41, 5.74) is 0.856. The Morgan fingerprint density at radius 1 is 1.58 bits per heavy atom. The summed E-state index contributed by atoms with van der Waals surface area (Å²) in [7, 11) is 1.51. The number of ether oxygens (including phenoxy) is 1. The molecule has 0 atom stereocenters. The van der Waals surface area contributed by atoms with Gasteiger partial charge in [-0.05, 0) is 23.4 Å². The van der Waals surface area contributed by atoms with Crippen molar-refractivity contribution in [3.05, 3.63) is 28.7 Å². The van der Waals surface area contributed by atoms with Crippen molar-refractivity contribution >= 4 is 5.69 Å². The van der Waals surface area contributed by atoms with Crippen LogP contribution >= 0.6 is 0 Å². The van der Waals surface area contributed by atoms with E-state index in [4.69, 9.17) is 4.74 Å². The molecule has 0 unspecified atom stereocenters. The van der Waals surface area contributed by atoms with Gasteiger partial charge < -0.3 is 9.84 Å². The van der Waals surface area contributed by atoms with Crippen molar-refractivity contribution in [2.45, 2.75) is 6.61 Å². The Bertz CT molecular complexity index is 286. The average molecular weight is 167 g/mol. The Morgan fingerprint density at radius 2 is 2.33 bits per heavy atom. The first kappa shape index (κ1) is 8.67. The number of phenols is 1. The van der Waals surface area contributed by atoms with Crippen molar-refractivity contribution in [1.82, 2.24) is 0 Å². The van der Waals surface area contributed by atoms with E-state index in [2.05, 4.69) is 5.18 Å². The molecule has 0 fully saturated rings. The quantitative estimate of drug-likeness (QED) is 0.700. The SMILES string of the molecule is COCc1cc(N=O)ccc1O. The van der Waals surface area contributed by atoms with Crippen LogP contribution in [0.4, 0.5) is 5.69 Å². The number of hydrogen-bond acceptors (Lipinski definition) is 4. The predicted octanol–water partition coefficient (Wildman–Crippen LogP) is 1.94. The van der Waals surface area contributed by atoms with Gasteiger partial charge in [0, 0.05) is 12.7 Å². The highest BCUT2D eigenvalue weighted by Gasteiger charge is 2.01. The molecule has 4 nitrogen and oxygen atoms in total. The number of aromatic hydroxyl groups is 1. The molecule has 64 valence electrons. The Hall–Kier alpha value is -1.42. The van der Waals surface area contributed by atoms with Gasteiger partial charge in [0.25, 0.3) is 0 Å². The lowest BCUT2D eigenvalue weighted by Crippen LogP contribution is -1.87. The van der Waals surface area contributed by atoms with Crippen molar-refractivity contribution in [2.24, 2.45) is 5.18 Å². The largest absolute Gasteiger partial charge is 0.508 e. The fourth-order valence-corrected chi connectivity index (χ4v) is 0.900. The van der Waals surface area contributed by atoms with Gasteiger partial charge in [-0.15, -0.1) is 4.91 Å². The molecule has 0 radical (unpaired) electrons. The van der Waals surface area contributed by atoms with Crippen molar-refractivity contribution in [3.8, 4) is 5.75 Å². The first-order chi connectivity index (χ1) is 5.77. The molecule has 12 heavy (non-hydrogen) atoms. The van der Waals surface area contributed by atoms with E-state index in [1.54, 1.807) is 0 Å². The van der Waals surface area contributed by atoms with E-state index in [0.29, 0.717) is 11.3 Å². The second-order valence-electron chi connectivity index (χ2n) is 2.34. The van der Waals surface area contributed by atoms with Gasteiger partial charge in [-0.25, -0.2) is 0 Å². The van der Waals surface area contributed by atoms with Gasteiger partial charge in [0.05, 0.1) is 6.61 Å². The van der Waals surface area contributed by atoms with E-state index >= 15 is 0 Å². The Kier molecular flexibility index (Phi) is 2.76. The number of phenolic OH excluding ortho intramolecular Hbond substituents is 1. The summed E-state index contributed by atoms with van der Waals surface area (Å²) < 4.78 is 4.80. The standard InChI is InChI=1S/C8H9NO3/c1-12-5-6-4-7(9-11)2-3-8(6)10/h2-4,10H,5H2,1H3. The molecular weight excluding hydrogens is 158 g/mol. The normalized spacial score (nSPS) is 9.75. The minimum Gasteiger partial charge on any atom is -0.508 e. The molecule has 0 saturated carbocycles. The molecule has 1 N–H and O–H groups in total. The van der Waals surface area contributed by atoms with E-state index in [0.717, 1.165) is 0 Å². The summed E-state index contributed by atoms with van der Waals surface area (Å²) >= 11 is 0. The van der Waals surface area contributed by atoms with E-state index in [1.165, 1.54) is 25.3 Å². The summed E-state index contributed by atoms with van der Waals surface area (Å²) in [6.45, 7) is 0.273. The van der Waals surface area contributed by atoms with Gasteiger partial charge in [-0.1, -0.05) is 0 Å². The average Bonchev–Trinajstić information content (AvgIpc) is 2.09. The van der Waals surface area contributed by atoms with Crippen molar-refractivity contribution < 1.29 is 9.84 Å². The van der Waals surface area contributed by atoms with E-state index in [-0.39, 0.29) is 12.4 Å². The van der Waals surface area contributed by atoms with Gasteiger partial charge >= 0.3 is 0 Å². The molecule has 0 amide bonds. The predicted molar refractivity (Wildman–Crippen MR) is 44.3 cm³/mol. The molecular formula is C8H9NO3. The third-order valence-electron chi connectivity index (χ3n) is 1.47. The maximum absolute atomic E-state index is 10.1. The minimum atomic E-state index is 0.115. The molecule has 0 aromatic heterocycles. The van der Waals surface area contributed by atoms with E-state index in [9.17, 15) is 10.0 Å². The monoisotopic (exact) mass is 167 g/mol. The fraction of sp³-hybridized carbons (Fsp3) is 0.250. The molecule has 1 aromatic rings. The highest BCUT2D eigenvalue weighted by atomic mass is 16.5. The number of hydrogen-bond donors (Lipinski definition) is 1. The van der Waals surface area contributed by atoms with Crippen LogP contribution in [0.3, 0.4) is 0 Å². The number of rotatable bonds is 3. The van der Waals surface area contributed by atoms with Crippen LogP contribution in [0.2, 0.25) is 0 Å². The zero-order valence-corrected chi connectivity index (χ0v) is 6.65. The summed E-state index contributed by atoms with van der Waals surface area (Å²) in [5, 5.41) is 12.0. The number of nitroso groups, excluding NO2 is 1. The summed E-state index contributed by atoms with van der Waals surface area (Å²) in [6.07, 6.45) is 0. The molecule has 0 spiro atoms. The van der Waals surface area contributed by atoms with Crippen LogP contribution in [-0.4, -0.2) is 12.2 Å². The van der Waals surface area contributed by atoms with Crippen LogP contribution in [0.25, 0.3) is 0 Å². The first-order valence-electron chi connectivity index (χ1n) is 3.42. The van der Waals surface area contributed by atoms with Gasteiger partial charge in [0.15, 0.2) is 0 Å². The van der Waals surface area contributed by atoms with Gasteiger partial charge in [0.2, 0.25) is 0 Å². The van der Waals surface area contributed by atoms with Crippen molar-refractivity contribution in [2.75, 3.05) is 7.11 Å². The van der Waals surface area contributed by atoms with E-state index < -0.39 is 0 Å². The van der Waals surface area contributed by atoms with Crippen molar-refractivity contribution in [3.63, 3.8) is 0 Å². The number of methoxy groups -OCH3 is 1. The van der Waals surface area contributed by atoms with Crippen LogP contribution < -0.4 is 0 Å². The van der Waals surface area contributed by atoms with Crippen molar-refractivity contribution in [1.29, 1.82) is 0 Å². The Balaban J connectivity index is 2.99. The second kappa shape index (κ2) is 3.82. The highest BCUT2D eigenvalue weighted by molar-refractivity contribution is 5.46. The first-order valence-corrected chi connectivity index (χ1v) is 3.42. The van der Waals surface area contributed by atoms with Crippen LogP contribution in [-0.2, 0) is 11.3 Å². The maximum atomic E-state index is 10.1. The molecule has 0 aliphatic carbocycles. The Labute approximate surface area is 69.8 Å². The smallest absolute Gasteiger partial charge is 0.121 e. The molecule has 0 bridgehead atoms. The number of nitrogens with zero attached hydrogens (tertiary/aromatic N) is 1. The number of benzene rings is 1. The van der Waals surface area contributed by atoms with Gasteiger partial charge in [-0.3, -0.25) is 0 Å². The maximum Gasteiger partial charge on any atom is 0.121 e. The van der Waals surface area contributed by atoms with Crippen LogP contribution in [0.5, 0.6) is 5.75 Å². The lowest BCUT2D eigenvalue weighted by molar-refractivity contribution is 0.182. The summed E-state index contributed by atoms with van der Waals surface area (Å²) in [5.74, 6) is 0.115. The lowest BCUT2D eigenvalue weighted by atomic mass is 10.2. The molecule has 0 aliphatic rings. The molecule has 0 saturated heterocycles. The zero-order chi connectivity index (χ0) is 8.97. The second-order valence-corrected chi connectivity index (χ2v) is 2.34. The molecule has 1 aromatic carbocycles. The third kappa shape index (κ3) is 1.79.